The monoisotopic (exact) mass is 300 g/mol. The number of fused-ring (bicyclic) bond motifs is 2. The van der Waals surface area contributed by atoms with Gasteiger partial charge in [0.1, 0.15) is 0 Å². The summed E-state index contributed by atoms with van der Waals surface area (Å²) in [6.07, 6.45) is 1.22. The van der Waals surface area contributed by atoms with Gasteiger partial charge in [0, 0.05) is 15.7 Å². The Balaban J connectivity index is 0.000000146. The van der Waals surface area contributed by atoms with Gasteiger partial charge in [-0.2, -0.15) is 0 Å². The Kier molecular flexibility index (Phi) is 3.95. The van der Waals surface area contributed by atoms with E-state index in [1.807, 2.05) is 0 Å². The van der Waals surface area contributed by atoms with Crippen LogP contribution < -0.4 is 0 Å². The Morgan fingerprint density at radius 3 is 1.72 bits per heavy atom. The third-order valence-electron chi connectivity index (χ3n) is 2.49. The van der Waals surface area contributed by atoms with Gasteiger partial charge in [-0.1, -0.05) is 35.9 Å². The van der Waals surface area contributed by atoms with Crippen LogP contribution in [0.15, 0.2) is 53.4 Å². The van der Waals surface area contributed by atoms with Crippen LogP contribution in [0.5, 0.6) is 0 Å². The molecular formula is C13H10Cl2O2S. The molecule has 0 amide bonds. The van der Waals surface area contributed by atoms with Gasteiger partial charge >= 0.3 is 0 Å². The van der Waals surface area contributed by atoms with Gasteiger partial charge < -0.3 is 0 Å². The molecule has 18 heavy (non-hydrogen) atoms. The largest absolute Gasteiger partial charge is 0.261 e. The lowest BCUT2D eigenvalue weighted by atomic mass is 9.94. The van der Waals surface area contributed by atoms with Crippen molar-refractivity contribution in [3.05, 3.63) is 64.7 Å². The molecule has 0 aromatic heterocycles. The van der Waals surface area contributed by atoms with Crippen LogP contribution in [-0.4, -0.2) is 8.42 Å². The van der Waals surface area contributed by atoms with Gasteiger partial charge in [-0.05, 0) is 41.8 Å². The minimum Gasteiger partial charge on any atom is -0.207 e. The molecule has 0 spiro atoms. The van der Waals surface area contributed by atoms with Crippen LogP contribution in [0.4, 0.5) is 0 Å². The zero-order valence-corrected chi connectivity index (χ0v) is 11.6. The van der Waals surface area contributed by atoms with Crippen LogP contribution in [0, 0.1) is 0 Å². The van der Waals surface area contributed by atoms with Crippen molar-refractivity contribution in [2.24, 2.45) is 0 Å². The summed E-state index contributed by atoms with van der Waals surface area (Å²) in [6.45, 7) is 0. The van der Waals surface area contributed by atoms with E-state index in [-0.39, 0.29) is 4.90 Å². The van der Waals surface area contributed by atoms with E-state index in [1.54, 1.807) is 0 Å². The molecule has 2 aliphatic rings. The van der Waals surface area contributed by atoms with Crippen molar-refractivity contribution in [1.29, 1.82) is 0 Å². The SMILES string of the molecule is O=S(=O)(Cl)c1ccc(Cl)cc1.c1cc2cc(c1)C2. The van der Waals surface area contributed by atoms with Gasteiger partial charge in [-0.3, -0.25) is 0 Å². The Morgan fingerprint density at radius 2 is 1.44 bits per heavy atom. The van der Waals surface area contributed by atoms with Gasteiger partial charge in [0.25, 0.3) is 9.05 Å². The number of halogens is 2. The third kappa shape index (κ3) is 3.48. The van der Waals surface area contributed by atoms with Gasteiger partial charge in [0.2, 0.25) is 0 Å². The van der Waals surface area contributed by atoms with E-state index in [0.29, 0.717) is 5.02 Å². The molecule has 2 bridgehead atoms. The molecule has 0 heterocycles. The minimum absolute atomic E-state index is 0.0589. The normalized spacial score (nSPS) is 12.1. The first-order chi connectivity index (χ1) is 8.45. The highest BCUT2D eigenvalue weighted by Gasteiger charge is 2.07. The van der Waals surface area contributed by atoms with Crippen molar-refractivity contribution < 1.29 is 8.42 Å². The number of rotatable bonds is 1. The van der Waals surface area contributed by atoms with Crippen molar-refractivity contribution in [3.8, 4) is 0 Å². The van der Waals surface area contributed by atoms with Gasteiger partial charge in [-0.15, -0.1) is 0 Å². The summed E-state index contributed by atoms with van der Waals surface area (Å²) in [7, 11) is 1.43. The van der Waals surface area contributed by atoms with Crippen LogP contribution in [0.3, 0.4) is 0 Å². The lowest BCUT2D eigenvalue weighted by Crippen LogP contribution is -1.97. The second-order valence-electron chi connectivity index (χ2n) is 3.89. The zero-order chi connectivity index (χ0) is 13.2. The maximum absolute atomic E-state index is 10.7. The van der Waals surface area contributed by atoms with Crippen molar-refractivity contribution in [2.45, 2.75) is 11.3 Å². The summed E-state index contributed by atoms with van der Waals surface area (Å²) in [5.74, 6) is 0. The fourth-order valence-electron chi connectivity index (χ4n) is 1.55. The molecule has 5 heteroatoms. The molecule has 0 atom stereocenters. The molecule has 0 fully saturated rings. The highest BCUT2D eigenvalue weighted by molar-refractivity contribution is 8.13. The zero-order valence-electron chi connectivity index (χ0n) is 9.31. The minimum atomic E-state index is -3.61. The molecule has 2 aliphatic carbocycles. The lowest BCUT2D eigenvalue weighted by molar-refractivity contribution is 0.609. The van der Waals surface area contributed by atoms with Crippen molar-refractivity contribution in [1.82, 2.24) is 0 Å². The first kappa shape index (κ1) is 13.4. The second kappa shape index (κ2) is 5.31. The smallest absolute Gasteiger partial charge is 0.207 e. The fraction of sp³-hybridized carbons (Fsp3) is 0.0769. The third-order valence-corrected chi connectivity index (χ3v) is 4.12. The average Bonchev–Trinajstić information content (AvgIpc) is 2.29. The fourth-order valence-corrected chi connectivity index (χ4v) is 2.45. The predicted octanol–water partition coefficient (Wildman–Crippen LogP) is 3.86. The second-order valence-corrected chi connectivity index (χ2v) is 6.89. The van der Waals surface area contributed by atoms with E-state index in [1.165, 1.54) is 41.8 Å². The first-order valence-corrected chi connectivity index (χ1v) is 7.92. The summed E-state index contributed by atoms with van der Waals surface area (Å²) in [6, 6.07) is 14.3. The highest BCUT2D eigenvalue weighted by atomic mass is 35.7. The van der Waals surface area contributed by atoms with Crippen molar-refractivity contribution >= 4 is 31.3 Å². The topological polar surface area (TPSA) is 34.1 Å². The van der Waals surface area contributed by atoms with E-state index in [2.05, 4.69) is 24.3 Å². The van der Waals surface area contributed by atoms with E-state index in [4.69, 9.17) is 22.3 Å². The van der Waals surface area contributed by atoms with Crippen LogP contribution in [0.2, 0.25) is 5.02 Å². The first-order valence-electron chi connectivity index (χ1n) is 5.23. The Morgan fingerprint density at radius 1 is 0.944 bits per heavy atom. The molecule has 2 aromatic rings. The Labute approximate surface area is 116 Å². The summed E-state index contributed by atoms with van der Waals surface area (Å²) >= 11 is 5.52. The van der Waals surface area contributed by atoms with Gasteiger partial charge in [-0.25, -0.2) is 8.42 Å². The summed E-state index contributed by atoms with van der Waals surface area (Å²) in [4.78, 5) is 0.0589. The number of hydrogen-bond donors (Lipinski definition) is 0. The van der Waals surface area contributed by atoms with Crippen LogP contribution in [0.25, 0.3) is 0 Å². The van der Waals surface area contributed by atoms with E-state index in [9.17, 15) is 8.42 Å². The standard InChI is InChI=1S/C7H6.C6H4Cl2O2S/c1-2-6-4-7(3-1)5-6;7-5-1-3-6(4-2-5)11(8,9)10/h1-4H,5H2;1-4H. The summed E-state index contributed by atoms with van der Waals surface area (Å²) < 4.78 is 21.3. The molecule has 0 saturated carbocycles. The summed E-state index contributed by atoms with van der Waals surface area (Å²) in [5.41, 5.74) is 2.97. The molecule has 0 radical (unpaired) electrons. The molecule has 0 aliphatic heterocycles. The molecule has 0 unspecified atom stereocenters. The molecule has 2 nitrogen and oxygen atoms in total. The highest BCUT2D eigenvalue weighted by Crippen LogP contribution is 2.19. The molecule has 0 N–H and O–H groups in total. The maximum Gasteiger partial charge on any atom is 0.261 e. The predicted molar refractivity (Wildman–Crippen MR) is 73.7 cm³/mol. The van der Waals surface area contributed by atoms with E-state index < -0.39 is 9.05 Å². The van der Waals surface area contributed by atoms with Crippen LogP contribution >= 0.6 is 22.3 Å². The Bertz CT molecular complexity index is 624. The van der Waals surface area contributed by atoms with E-state index >= 15 is 0 Å². The lowest BCUT2D eigenvalue weighted by Gasteiger charge is -2.11. The number of benzene rings is 2. The maximum atomic E-state index is 10.7. The molecule has 94 valence electrons. The van der Waals surface area contributed by atoms with Gasteiger partial charge in [0.05, 0.1) is 4.90 Å². The average molecular weight is 301 g/mol. The van der Waals surface area contributed by atoms with Crippen molar-refractivity contribution in [3.63, 3.8) is 0 Å². The van der Waals surface area contributed by atoms with Crippen LogP contribution in [0.1, 0.15) is 11.1 Å². The molecule has 4 rings (SSSR count). The molecule has 2 aromatic carbocycles. The van der Waals surface area contributed by atoms with E-state index in [0.717, 1.165) is 0 Å². The quantitative estimate of drug-likeness (QED) is 0.640. The molecular weight excluding hydrogens is 291 g/mol. The van der Waals surface area contributed by atoms with Gasteiger partial charge in [0.15, 0.2) is 0 Å². The molecule has 0 saturated heterocycles. The number of hydrogen-bond acceptors (Lipinski definition) is 2. The summed E-state index contributed by atoms with van der Waals surface area (Å²) in [5, 5.41) is 0.481. The Hall–Kier alpha value is -1.03. The van der Waals surface area contributed by atoms with Crippen molar-refractivity contribution in [2.75, 3.05) is 0 Å². The van der Waals surface area contributed by atoms with Crippen LogP contribution in [-0.2, 0) is 15.5 Å².